The molecule has 3 rings (SSSR count). The van der Waals surface area contributed by atoms with Crippen molar-refractivity contribution in [1.29, 1.82) is 0 Å². The van der Waals surface area contributed by atoms with Gasteiger partial charge in [0.25, 0.3) is 5.91 Å². The van der Waals surface area contributed by atoms with Crippen molar-refractivity contribution < 1.29 is 18.3 Å². The van der Waals surface area contributed by atoms with Crippen LogP contribution in [0.2, 0.25) is 0 Å². The summed E-state index contributed by atoms with van der Waals surface area (Å²) in [5, 5.41) is 7.38. The number of carbonyl (C=O) groups excluding carboxylic acids is 1. The fourth-order valence-electron chi connectivity index (χ4n) is 2.98. The van der Waals surface area contributed by atoms with E-state index in [0.29, 0.717) is 13.1 Å². The molecule has 0 fully saturated rings. The summed E-state index contributed by atoms with van der Waals surface area (Å²) < 4.78 is 30.9. The van der Waals surface area contributed by atoms with Gasteiger partial charge in [-0.2, -0.15) is 13.9 Å². The zero-order valence-corrected chi connectivity index (χ0v) is 15.7. The van der Waals surface area contributed by atoms with E-state index in [0.717, 1.165) is 22.5 Å². The molecular weight excluding hydrogens is 364 g/mol. The molecule has 146 valence electrons. The van der Waals surface area contributed by atoms with Crippen LogP contribution in [0.25, 0.3) is 0 Å². The van der Waals surface area contributed by atoms with Crippen molar-refractivity contribution in [1.82, 2.24) is 15.1 Å². The van der Waals surface area contributed by atoms with Gasteiger partial charge >= 0.3 is 6.61 Å². The number of aromatic nitrogens is 2. The maximum absolute atomic E-state index is 12.4. The molecule has 0 spiro atoms. The van der Waals surface area contributed by atoms with Crippen LogP contribution < -0.4 is 10.1 Å². The van der Waals surface area contributed by atoms with Crippen LogP contribution in [-0.4, -0.2) is 22.3 Å². The number of hydrogen-bond donors (Lipinski definition) is 1. The number of rotatable bonds is 7. The largest absolute Gasteiger partial charge is 0.435 e. The van der Waals surface area contributed by atoms with Gasteiger partial charge in [-0.25, -0.2) is 0 Å². The van der Waals surface area contributed by atoms with E-state index in [4.69, 9.17) is 0 Å². The van der Waals surface area contributed by atoms with Gasteiger partial charge in [0, 0.05) is 23.4 Å². The molecule has 7 heteroatoms. The van der Waals surface area contributed by atoms with Crippen molar-refractivity contribution in [2.24, 2.45) is 0 Å². The van der Waals surface area contributed by atoms with Gasteiger partial charge in [-0.05, 0) is 37.6 Å². The summed E-state index contributed by atoms with van der Waals surface area (Å²) >= 11 is 0. The molecule has 0 unspecified atom stereocenters. The normalized spacial score (nSPS) is 10.9. The second kappa shape index (κ2) is 8.65. The Balaban J connectivity index is 1.68. The summed E-state index contributed by atoms with van der Waals surface area (Å²) in [4.78, 5) is 12.4. The SMILES string of the molecule is Cc1nn(Cc2ccccc2)c(C)c1CNC(=O)c1cccc(OC(F)F)c1. The first-order chi connectivity index (χ1) is 13.4. The third-order valence-electron chi connectivity index (χ3n) is 4.45. The zero-order valence-electron chi connectivity index (χ0n) is 15.7. The lowest BCUT2D eigenvalue weighted by Gasteiger charge is -2.09. The van der Waals surface area contributed by atoms with Gasteiger partial charge in [-0.3, -0.25) is 9.48 Å². The molecule has 0 aliphatic rings. The number of ether oxygens (including phenoxy) is 1. The maximum Gasteiger partial charge on any atom is 0.387 e. The third-order valence-corrected chi connectivity index (χ3v) is 4.45. The Hall–Kier alpha value is -3.22. The molecule has 2 aromatic carbocycles. The quantitative estimate of drug-likeness (QED) is 0.667. The number of benzene rings is 2. The van der Waals surface area contributed by atoms with Gasteiger partial charge in [0.1, 0.15) is 5.75 Å². The van der Waals surface area contributed by atoms with E-state index in [2.05, 4.69) is 15.2 Å². The van der Waals surface area contributed by atoms with Crippen LogP contribution >= 0.6 is 0 Å². The Labute approximate surface area is 161 Å². The van der Waals surface area contributed by atoms with E-state index in [1.165, 1.54) is 18.2 Å². The molecule has 1 aromatic heterocycles. The highest BCUT2D eigenvalue weighted by Gasteiger charge is 2.14. The minimum Gasteiger partial charge on any atom is -0.435 e. The molecule has 0 aliphatic carbocycles. The van der Waals surface area contributed by atoms with Crippen molar-refractivity contribution in [3.8, 4) is 5.75 Å². The molecule has 0 radical (unpaired) electrons. The van der Waals surface area contributed by atoms with E-state index in [1.54, 1.807) is 6.07 Å². The van der Waals surface area contributed by atoms with Gasteiger partial charge < -0.3 is 10.1 Å². The van der Waals surface area contributed by atoms with Crippen LogP contribution in [0.3, 0.4) is 0 Å². The minimum atomic E-state index is -2.93. The molecule has 1 N–H and O–H groups in total. The first kappa shape index (κ1) is 19.5. The third kappa shape index (κ3) is 4.73. The van der Waals surface area contributed by atoms with Gasteiger partial charge in [0.15, 0.2) is 0 Å². The molecule has 5 nitrogen and oxygen atoms in total. The van der Waals surface area contributed by atoms with Crippen molar-refractivity contribution >= 4 is 5.91 Å². The van der Waals surface area contributed by atoms with E-state index in [1.807, 2.05) is 48.9 Å². The molecular formula is C21H21F2N3O2. The molecule has 0 aliphatic heterocycles. The Morgan fingerprint density at radius 1 is 1.14 bits per heavy atom. The fourth-order valence-corrected chi connectivity index (χ4v) is 2.98. The molecule has 1 heterocycles. The summed E-state index contributed by atoms with van der Waals surface area (Å²) in [5.74, 6) is -0.417. The molecule has 0 atom stereocenters. The van der Waals surface area contributed by atoms with Crippen molar-refractivity contribution in [3.63, 3.8) is 0 Å². The Kier molecular flexibility index (Phi) is 6.03. The first-order valence-corrected chi connectivity index (χ1v) is 8.84. The number of nitrogens with zero attached hydrogens (tertiary/aromatic N) is 2. The molecule has 3 aromatic rings. The second-order valence-corrected chi connectivity index (χ2v) is 6.38. The van der Waals surface area contributed by atoms with Gasteiger partial charge in [0.05, 0.1) is 12.2 Å². The standard InChI is InChI=1S/C21H21F2N3O2/c1-14-19(15(2)26(25-14)13-16-7-4-3-5-8-16)12-24-20(27)17-9-6-10-18(11-17)28-21(22)23/h3-11,21H,12-13H2,1-2H3,(H,24,27). The van der Waals surface area contributed by atoms with Crippen LogP contribution in [0, 0.1) is 13.8 Å². The number of aryl methyl sites for hydroxylation is 1. The summed E-state index contributed by atoms with van der Waals surface area (Å²) in [6, 6.07) is 15.7. The predicted molar refractivity (Wildman–Crippen MR) is 101 cm³/mol. The molecule has 0 saturated carbocycles. The van der Waals surface area contributed by atoms with E-state index in [-0.39, 0.29) is 17.2 Å². The van der Waals surface area contributed by atoms with E-state index in [9.17, 15) is 13.6 Å². The topological polar surface area (TPSA) is 56.2 Å². The summed E-state index contributed by atoms with van der Waals surface area (Å²) in [5.41, 5.74) is 4.13. The second-order valence-electron chi connectivity index (χ2n) is 6.38. The van der Waals surface area contributed by atoms with Gasteiger partial charge in [-0.1, -0.05) is 36.4 Å². The molecule has 1 amide bonds. The smallest absolute Gasteiger partial charge is 0.387 e. The van der Waals surface area contributed by atoms with E-state index >= 15 is 0 Å². The average Bonchev–Trinajstić information content (AvgIpc) is 2.93. The lowest BCUT2D eigenvalue weighted by Crippen LogP contribution is -2.23. The number of hydrogen-bond acceptors (Lipinski definition) is 3. The Bertz CT molecular complexity index is 956. The zero-order chi connectivity index (χ0) is 20.1. The van der Waals surface area contributed by atoms with Gasteiger partial charge in [0.2, 0.25) is 0 Å². The number of carbonyl (C=O) groups is 1. The van der Waals surface area contributed by atoms with Crippen molar-refractivity contribution in [2.45, 2.75) is 33.5 Å². The summed E-state index contributed by atoms with van der Waals surface area (Å²) in [6.45, 7) is 1.87. The van der Waals surface area contributed by atoms with Crippen molar-refractivity contribution in [2.75, 3.05) is 0 Å². The first-order valence-electron chi connectivity index (χ1n) is 8.84. The Morgan fingerprint density at radius 3 is 2.61 bits per heavy atom. The molecule has 28 heavy (non-hydrogen) atoms. The fraction of sp³-hybridized carbons (Fsp3) is 0.238. The highest BCUT2D eigenvalue weighted by molar-refractivity contribution is 5.94. The highest BCUT2D eigenvalue weighted by Crippen LogP contribution is 2.17. The van der Waals surface area contributed by atoms with Crippen LogP contribution in [-0.2, 0) is 13.1 Å². The Morgan fingerprint density at radius 2 is 1.89 bits per heavy atom. The number of amides is 1. The highest BCUT2D eigenvalue weighted by atomic mass is 19.3. The monoisotopic (exact) mass is 385 g/mol. The number of halogens is 2. The summed E-state index contributed by atoms with van der Waals surface area (Å²) in [7, 11) is 0. The number of alkyl halides is 2. The maximum atomic E-state index is 12.4. The predicted octanol–water partition coefficient (Wildman–Crippen LogP) is 4.08. The number of nitrogens with one attached hydrogen (secondary N) is 1. The van der Waals surface area contributed by atoms with Crippen LogP contribution in [0.15, 0.2) is 54.6 Å². The minimum absolute atomic E-state index is 0.0503. The van der Waals surface area contributed by atoms with E-state index < -0.39 is 6.61 Å². The van der Waals surface area contributed by atoms with Crippen LogP contribution in [0.5, 0.6) is 5.75 Å². The van der Waals surface area contributed by atoms with Crippen LogP contribution in [0.1, 0.15) is 32.9 Å². The average molecular weight is 385 g/mol. The van der Waals surface area contributed by atoms with Gasteiger partial charge in [-0.15, -0.1) is 0 Å². The lowest BCUT2D eigenvalue weighted by atomic mass is 10.1. The molecule has 0 bridgehead atoms. The lowest BCUT2D eigenvalue weighted by molar-refractivity contribution is -0.0498. The summed E-state index contributed by atoms with van der Waals surface area (Å²) in [6.07, 6.45) is 0. The van der Waals surface area contributed by atoms with Crippen LogP contribution in [0.4, 0.5) is 8.78 Å². The van der Waals surface area contributed by atoms with Crippen molar-refractivity contribution in [3.05, 3.63) is 82.7 Å². The molecule has 0 saturated heterocycles.